The molecule has 0 amide bonds. The fourth-order valence-corrected chi connectivity index (χ4v) is 3.13. The summed E-state index contributed by atoms with van der Waals surface area (Å²) < 4.78 is 9.50. The minimum absolute atomic E-state index is 0.586. The molecule has 1 aliphatic rings. The molecule has 0 radical (unpaired) electrons. The molecule has 1 saturated heterocycles. The molecule has 1 N–H and O–H groups in total. The van der Waals surface area contributed by atoms with Crippen LogP contribution in [0.2, 0.25) is 0 Å². The van der Waals surface area contributed by atoms with Crippen molar-refractivity contribution in [2.75, 3.05) is 20.2 Å². The fraction of sp³-hybridized carbons (Fsp3) is 0.769. The van der Waals surface area contributed by atoms with Crippen molar-refractivity contribution in [1.29, 1.82) is 0 Å². The predicted molar refractivity (Wildman–Crippen MR) is 75.2 cm³/mol. The second kappa shape index (κ2) is 6.50. The first-order chi connectivity index (χ1) is 8.69. The van der Waals surface area contributed by atoms with Crippen molar-refractivity contribution in [2.24, 2.45) is 0 Å². The Hall–Kier alpha value is -0.650. The van der Waals surface area contributed by atoms with Gasteiger partial charge >= 0.3 is 0 Å². The lowest BCUT2D eigenvalue weighted by Gasteiger charge is -2.33. The van der Waals surface area contributed by atoms with E-state index in [4.69, 9.17) is 4.74 Å². The van der Waals surface area contributed by atoms with Gasteiger partial charge in [-0.2, -0.15) is 4.37 Å². The van der Waals surface area contributed by atoms with Crippen LogP contribution in [-0.4, -0.2) is 41.6 Å². The van der Waals surface area contributed by atoms with Crippen molar-refractivity contribution in [2.45, 2.75) is 45.3 Å². The molecular weight excluding hydrogens is 246 g/mol. The quantitative estimate of drug-likeness (QED) is 0.888. The van der Waals surface area contributed by atoms with E-state index in [1.807, 2.05) is 0 Å². The number of rotatable bonds is 5. The number of aromatic nitrogens is 1. The summed E-state index contributed by atoms with van der Waals surface area (Å²) in [6.45, 7) is 7.71. The SMILES string of the molecule is COc1nscc1CN1CCC(NC(C)C)CC1. The van der Waals surface area contributed by atoms with Gasteiger partial charge in [-0.1, -0.05) is 13.8 Å². The highest BCUT2D eigenvalue weighted by Crippen LogP contribution is 2.22. The highest BCUT2D eigenvalue weighted by molar-refractivity contribution is 7.03. The molecule has 0 bridgehead atoms. The van der Waals surface area contributed by atoms with Crippen LogP contribution in [0.15, 0.2) is 5.38 Å². The van der Waals surface area contributed by atoms with E-state index in [0.717, 1.165) is 25.5 Å². The molecule has 0 unspecified atom stereocenters. The maximum absolute atomic E-state index is 5.26. The normalized spacial score (nSPS) is 18.4. The number of hydrogen-bond acceptors (Lipinski definition) is 5. The summed E-state index contributed by atoms with van der Waals surface area (Å²) >= 11 is 1.47. The number of hydrogen-bond donors (Lipinski definition) is 1. The summed E-state index contributed by atoms with van der Waals surface area (Å²) in [5, 5.41) is 5.72. The van der Waals surface area contributed by atoms with E-state index in [1.165, 1.54) is 29.9 Å². The largest absolute Gasteiger partial charge is 0.480 e. The Labute approximate surface area is 113 Å². The van der Waals surface area contributed by atoms with Crippen LogP contribution in [0, 0.1) is 0 Å². The van der Waals surface area contributed by atoms with Gasteiger partial charge in [-0.15, -0.1) is 0 Å². The van der Waals surface area contributed by atoms with Crippen molar-refractivity contribution >= 4 is 11.5 Å². The van der Waals surface area contributed by atoms with Gasteiger partial charge in [-0.3, -0.25) is 4.90 Å². The van der Waals surface area contributed by atoms with E-state index in [1.54, 1.807) is 7.11 Å². The molecule has 2 heterocycles. The Kier molecular flexibility index (Phi) is 4.97. The molecular formula is C13H23N3OS. The van der Waals surface area contributed by atoms with Crippen molar-refractivity contribution in [3.63, 3.8) is 0 Å². The molecule has 0 aliphatic carbocycles. The van der Waals surface area contributed by atoms with Gasteiger partial charge in [0.25, 0.3) is 0 Å². The van der Waals surface area contributed by atoms with Crippen molar-refractivity contribution < 1.29 is 4.74 Å². The predicted octanol–water partition coefficient (Wildman–Crippen LogP) is 2.11. The van der Waals surface area contributed by atoms with Crippen LogP contribution in [0.4, 0.5) is 0 Å². The Morgan fingerprint density at radius 1 is 1.50 bits per heavy atom. The van der Waals surface area contributed by atoms with Crippen molar-refractivity contribution in [3.8, 4) is 5.88 Å². The Morgan fingerprint density at radius 2 is 2.22 bits per heavy atom. The van der Waals surface area contributed by atoms with Gasteiger partial charge in [0.05, 0.1) is 7.11 Å². The van der Waals surface area contributed by atoms with E-state index in [9.17, 15) is 0 Å². The van der Waals surface area contributed by atoms with E-state index in [-0.39, 0.29) is 0 Å². The van der Waals surface area contributed by atoms with Gasteiger partial charge in [0, 0.05) is 29.6 Å². The summed E-state index contributed by atoms with van der Waals surface area (Å²) in [5.41, 5.74) is 1.22. The average molecular weight is 269 g/mol. The van der Waals surface area contributed by atoms with Crippen LogP contribution in [0.1, 0.15) is 32.3 Å². The first kappa shape index (κ1) is 13.8. The summed E-state index contributed by atoms with van der Waals surface area (Å²) in [6.07, 6.45) is 2.47. The van der Waals surface area contributed by atoms with Gasteiger partial charge < -0.3 is 10.1 Å². The van der Waals surface area contributed by atoms with E-state index in [0.29, 0.717) is 12.1 Å². The van der Waals surface area contributed by atoms with Crippen LogP contribution >= 0.6 is 11.5 Å². The van der Waals surface area contributed by atoms with Gasteiger partial charge in [-0.05, 0) is 37.5 Å². The Bertz CT molecular complexity index is 359. The molecule has 0 atom stereocenters. The van der Waals surface area contributed by atoms with Gasteiger partial charge in [0.15, 0.2) is 0 Å². The zero-order valence-electron chi connectivity index (χ0n) is 11.5. The lowest BCUT2D eigenvalue weighted by atomic mass is 10.0. The fourth-order valence-electron chi connectivity index (χ4n) is 2.49. The number of methoxy groups -OCH3 is 1. The molecule has 5 heteroatoms. The van der Waals surface area contributed by atoms with Crippen LogP contribution in [0.3, 0.4) is 0 Å². The van der Waals surface area contributed by atoms with E-state index in [2.05, 4.69) is 33.8 Å². The number of nitrogens with one attached hydrogen (secondary N) is 1. The summed E-state index contributed by atoms with van der Waals surface area (Å²) in [7, 11) is 1.69. The van der Waals surface area contributed by atoms with Gasteiger partial charge in [-0.25, -0.2) is 0 Å². The highest BCUT2D eigenvalue weighted by Gasteiger charge is 2.20. The number of nitrogens with zero attached hydrogens (tertiary/aromatic N) is 2. The van der Waals surface area contributed by atoms with Crippen molar-refractivity contribution in [1.82, 2.24) is 14.6 Å². The maximum atomic E-state index is 5.26. The molecule has 2 rings (SSSR count). The van der Waals surface area contributed by atoms with E-state index >= 15 is 0 Å². The molecule has 1 aromatic heterocycles. The smallest absolute Gasteiger partial charge is 0.229 e. The first-order valence-corrected chi connectivity index (χ1v) is 7.48. The monoisotopic (exact) mass is 269 g/mol. The number of ether oxygens (including phenoxy) is 1. The summed E-state index contributed by atoms with van der Waals surface area (Å²) in [4.78, 5) is 2.49. The molecule has 0 spiro atoms. The lowest BCUT2D eigenvalue weighted by Crippen LogP contribution is -2.44. The minimum Gasteiger partial charge on any atom is -0.480 e. The molecule has 102 valence electrons. The zero-order valence-corrected chi connectivity index (χ0v) is 12.3. The topological polar surface area (TPSA) is 37.4 Å². The van der Waals surface area contributed by atoms with Gasteiger partial charge in [0.1, 0.15) is 0 Å². The molecule has 1 fully saturated rings. The zero-order chi connectivity index (χ0) is 13.0. The van der Waals surface area contributed by atoms with Crippen LogP contribution in [0.5, 0.6) is 5.88 Å². The molecule has 0 saturated carbocycles. The molecule has 18 heavy (non-hydrogen) atoms. The third kappa shape index (κ3) is 3.67. The maximum Gasteiger partial charge on any atom is 0.229 e. The third-order valence-corrected chi connectivity index (χ3v) is 4.01. The standard InChI is InChI=1S/C13H23N3OS/c1-10(2)14-12-4-6-16(7-5-12)8-11-9-18-15-13(11)17-3/h9-10,12,14H,4-8H2,1-3H3. The molecule has 1 aromatic rings. The van der Waals surface area contributed by atoms with Gasteiger partial charge in [0.2, 0.25) is 5.88 Å². The Morgan fingerprint density at radius 3 is 2.83 bits per heavy atom. The third-order valence-electron chi connectivity index (χ3n) is 3.35. The van der Waals surface area contributed by atoms with Crippen LogP contribution in [0.25, 0.3) is 0 Å². The summed E-state index contributed by atoms with van der Waals surface area (Å²) in [6, 6.07) is 1.27. The number of piperidine rings is 1. The van der Waals surface area contributed by atoms with Crippen LogP contribution in [-0.2, 0) is 6.54 Å². The first-order valence-electron chi connectivity index (χ1n) is 6.64. The van der Waals surface area contributed by atoms with Crippen LogP contribution < -0.4 is 10.1 Å². The number of likely N-dealkylation sites (tertiary alicyclic amines) is 1. The second-order valence-electron chi connectivity index (χ2n) is 5.22. The average Bonchev–Trinajstić information content (AvgIpc) is 2.78. The minimum atomic E-state index is 0.586. The summed E-state index contributed by atoms with van der Waals surface area (Å²) in [5.74, 6) is 0.794. The second-order valence-corrected chi connectivity index (χ2v) is 5.85. The van der Waals surface area contributed by atoms with Crippen molar-refractivity contribution in [3.05, 3.63) is 10.9 Å². The Balaban J connectivity index is 1.80. The lowest BCUT2D eigenvalue weighted by molar-refractivity contribution is 0.185. The van der Waals surface area contributed by atoms with E-state index < -0.39 is 0 Å². The molecule has 0 aromatic carbocycles. The highest BCUT2D eigenvalue weighted by atomic mass is 32.1. The molecule has 4 nitrogen and oxygen atoms in total. The molecule has 1 aliphatic heterocycles.